The molecule has 0 radical (unpaired) electrons. The van der Waals surface area contributed by atoms with Gasteiger partial charge in [0.15, 0.2) is 0 Å². The number of fused-ring (bicyclic) bond motifs is 1. The summed E-state index contributed by atoms with van der Waals surface area (Å²) >= 11 is 1.76. The third-order valence-electron chi connectivity index (χ3n) is 5.86. The van der Waals surface area contributed by atoms with Crippen molar-refractivity contribution in [3.8, 4) is 0 Å². The Morgan fingerprint density at radius 1 is 1.24 bits per heavy atom. The predicted octanol–water partition coefficient (Wildman–Crippen LogP) is 1.98. The summed E-state index contributed by atoms with van der Waals surface area (Å²) in [5, 5.41) is 6.41. The fourth-order valence-corrected chi connectivity index (χ4v) is 5.27. The maximum Gasteiger partial charge on any atom is 0.254 e. The van der Waals surface area contributed by atoms with E-state index in [-0.39, 0.29) is 11.9 Å². The van der Waals surface area contributed by atoms with Gasteiger partial charge in [0, 0.05) is 49.4 Å². The molecule has 8 nitrogen and oxygen atoms in total. The second-order valence-corrected chi connectivity index (χ2v) is 8.73. The van der Waals surface area contributed by atoms with Crippen molar-refractivity contribution < 1.29 is 4.79 Å². The number of amides is 1. The Kier molecular flexibility index (Phi) is 4.92. The second-order valence-electron chi connectivity index (χ2n) is 7.75. The van der Waals surface area contributed by atoms with E-state index >= 15 is 0 Å². The molecular formula is C20H25N7OS. The molecule has 1 unspecified atom stereocenters. The molecule has 2 aliphatic rings. The number of nitrogens with zero attached hydrogens (tertiary/aromatic N) is 7. The lowest BCUT2D eigenvalue weighted by molar-refractivity contribution is -0.133. The average molecular weight is 412 g/mol. The first-order valence-corrected chi connectivity index (χ1v) is 11.0. The summed E-state index contributed by atoms with van der Waals surface area (Å²) in [6.45, 7) is 6.81. The molecule has 2 fully saturated rings. The highest BCUT2D eigenvalue weighted by Gasteiger charge is 2.32. The summed E-state index contributed by atoms with van der Waals surface area (Å²) in [6, 6.07) is 6.55. The van der Waals surface area contributed by atoms with Crippen molar-refractivity contribution in [2.24, 2.45) is 0 Å². The Labute approximate surface area is 173 Å². The highest BCUT2D eigenvalue weighted by Crippen LogP contribution is 2.34. The Balaban J connectivity index is 1.22. The zero-order chi connectivity index (χ0) is 19.8. The molecule has 5 rings (SSSR count). The molecule has 9 heteroatoms. The number of likely N-dealkylation sites (tertiary alicyclic amines) is 1. The maximum atomic E-state index is 13.0. The van der Waals surface area contributed by atoms with Crippen LogP contribution in [0.15, 0.2) is 29.9 Å². The number of carbonyl (C=O) groups is 1. The summed E-state index contributed by atoms with van der Waals surface area (Å²) < 4.78 is 1.80. The molecule has 152 valence electrons. The van der Waals surface area contributed by atoms with Gasteiger partial charge in [0.1, 0.15) is 12.1 Å². The van der Waals surface area contributed by atoms with Gasteiger partial charge in [0.25, 0.3) is 5.78 Å². The van der Waals surface area contributed by atoms with Crippen molar-refractivity contribution in [3.63, 3.8) is 0 Å². The predicted molar refractivity (Wildman–Crippen MR) is 112 cm³/mol. The molecule has 2 aliphatic heterocycles. The van der Waals surface area contributed by atoms with Gasteiger partial charge in [0.2, 0.25) is 5.91 Å². The normalized spacial score (nSPS) is 20.7. The number of hydrogen-bond donors (Lipinski definition) is 0. The lowest BCUT2D eigenvalue weighted by Gasteiger charge is -2.36. The van der Waals surface area contributed by atoms with E-state index in [2.05, 4.69) is 53.3 Å². The maximum absolute atomic E-state index is 13.0. The van der Waals surface area contributed by atoms with Crippen LogP contribution >= 0.6 is 11.3 Å². The van der Waals surface area contributed by atoms with Crippen molar-refractivity contribution in [2.75, 3.05) is 44.2 Å². The summed E-state index contributed by atoms with van der Waals surface area (Å²) in [6.07, 6.45) is 3.72. The number of thiophene rings is 1. The van der Waals surface area contributed by atoms with E-state index in [1.54, 1.807) is 22.2 Å². The number of piperazine rings is 1. The standard InChI is InChI=1S/C20H25N7OS/c1-15-12-18(27-20(23-15)21-14-22-27)25-9-7-24(8-10-25)13-19(28)26-6-2-4-16(26)17-5-3-11-29-17/h3,5,11-12,14,16H,2,4,6-10,13H2,1H3. The van der Waals surface area contributed by atoms with Crippen LogP contribution in [0, 0.1) is 6.92 Å². The molecule has 0 aromatic carbocycles. The third-order valence-corrected chi connectivity index (χ3v) is 6.83. The average Bonchev–Trinajstić information content (AvgIpc) is 3.47. The monoisotopic (exact) mass is 411 g/mol. The molecule has 0 aliphatic carbocycles. The van der Waals surface area contributed by atoms with Crippen LogP contribution in [0.4, 0.5) is 5.82 Å². The fraction of sp³-hybridized carbons (Fsp3) is 0.500. The van der Waals surface area contributed by atoms with Crippen LogP contribution in [0.1, 0.15) is 29.5 Å². The third kappa shape index (κ3) is 3.60. The Hall–Kier alpha value is -2.52. The van der Waals surface area contributed by atoms with Crippen LogP contribution in [0.5, 0.6) is 0 Å². The Morgan fingerprint density at radius 2 is 2.10 bits per heavy atom. The van der Waals surface area contributed by atoms with Crippen molar-refractivity contribution in [2.45, 2.75) is 25.8 Å². The minimum Gasteiger partial charge on any atom is -0.354 e. The van der Waals surface area contributed by atoms with Gasteiger partial charge in [-0.05, 0) is 31.2 Å². The molecule has 0 saturated carbocycles. The molecule has 3 aromatic rings. The molecule has 0 spiro atoms. The van der Waals surface area contributed by atoms with E-state index in [0.717, 1.165) is 57.1 Å². The van der Waals surface area contributed by atoms with E-state index < -0.39 is 0 Å². The number of anilines is 1. The Morgan fingerprint density at radius 3 is 2.90 bits per heavy atom. The van der Waals surface area contributed by atoms with Gasteiger partial charge in [-0.25, -0.2) is 4.98 Å². The summed E-state index contributed by atoms with van der Waals surface area (Å²) in [7, 11) is 0. The molecule has 1 atom stereocenters. The number of aromatic nitrogens is 4. The fourth-order valence-electron chi connectivity index (χ4n) is 4.40. The Bertz CT molecular complexity index is 994. The van der Waals surface area contributed by atoms with Gasteiger partial charge in [-0.1, -0.05) is 6.07 Å². The minimum absolute atomic E-state index is 0.257. The van der Waals surface area contributed by atoms with Crippen LogP contribution in [0.2, 0.25) is 0 Å². The largest absolute Gasteiger partial charge is 0.354 e. The van der Waals surface area contributed by atoms with E-state index in [4.69, 9.17) is 0 Å². The minimum atomic E-state index is 0.257. The van der Waals surface area contributed by atoms with Crippen LogP contribution < -0.4 is 4.90 Å². The smallest absolute Gasteiger partial charge is 0.254 e. The van der Waals surface area contributed by atoms with Gasteiger partial charge in [0.05, 0.1) is 12.6 Å². The molecule has 5 heterocycles. The topological polar surface area (TPSA) is 69.9 Å². The number of rotatable bonds is 4. The highest BCUT2D eigenvalue weighted by atomic mass is 32.1. The van der Waals surface area contributed by atoms with Crippen molar-refractivity contribution in [1.29, 1.82) is 0 Å². The SMILES string of the molecule is Cc1cc(N2CCN(CC(=O)N3CCCC3c3cccs3)CC2)n2ncnc2n1. The van der Waals surface area contributed by atoms with Crippen LogP contribution in [-0.4, -0.2) is 74.6 Å². The number of carbonyl (C=O) groups excluding carboxylic acids is 1. The van der Waals surface area contributed by atoms with E-state index in [1.165, 1.54) is 4.88 Å². The van der Waals surface area contributed by atoms with Crippen molar-refractivity contribution in [3.05, 3.63) is 40.5 Å². The molecule has 1 amide bonds. The molecule has 0 bridgehead atoms. The molecule has 3 aromatic heterocycles. The zero-order valence-electron chi connectivity index (χ0n) is 16.6. The summed E-state index contributed by atoms with van der Waals surface area (Å²) in [5.41, 5.74) is 0.937. The quantitative estimate of drug-likeness (QED) is 0.654. The number of hydrogen-bond acceptors (Lipinski definition) is 7. The van der Waals surface area contributed by atoms with E-state index in [1.807, 2.05) is 6.92 Å². The van der Waals surface area contributed by atoms with Crippen LogP contribution in [0.25, 0.3) is 5.78 Å². The zero-order valence-corrected chi connectivity index (χ0v) is 17.4. The molecule has 2 saturated heterocycles. The van der Waals surface area contributed by atoms with Crippen LogP contribution in [-0.2, 0) is 4.79 Å². The van der Waals surface area contributed by atoms with Gasteiger partial charge >= 0.3 is 0 Å². The lowest BCUT2D eigenvalue weighted by atomic mass is 10.2. The first kappa shape index (κ1) is 18.5. The van der Waals surface area contributed by atoms with Gasteiger partial charge < -0.3 is 9.80 Å². The molecule has 29 heavy (non-hydrogen) atoms. The van der Waals surface area contributed by atoms with Crippen molar-refractivity contribution in [1.82, 2.24) is 29.4 Å². The summed E-state index contributed by atoms with van der Waals surface area (Å²) in [4.78, 5) is 29.6. The molecule has 0 N–H and O–H groups in total. The number of aryl methyl sites for hydroxylation is 1. The van der Waals surface area contributed by atoms with Gasteiger partial charge in [-0.3, -0.25) is 9.69 Å². The lowest BCUT2D eigenvalue weighted by Crippen LogP contribution is -2.50. The van der Waals surface area contributed by atoms with Gasteiger partial charge in [-0.2, -0.15) is 14.6 Å². The van der Waals surface area contributed by atoms with E-state index in [9.17, 15) is 4.79 Å². The van der Waals surface area contributed by atoms with E-state index in [0.29, 0.717) is 12.3 Å². The molecular weight excluding hydrogens is 386 g/mol. The van der Waals surface area contributed by atoms with Gasteiger partial charge in [-0.15, -0.1) is 11.3 Å². The first-order chi connectivity index (χ1) is 14.2. The van der Waals surface area contributed by atoms with Crippen LogP contribution in [0.3, 0.4) is 0 Å². The second kappa shape index (κ2) is 7.72. The highest BCUT2D eigenvalue weighted by molar-refractivity contribution is 7.10. The van der Waals surface area contributed by atoms with Crippen molar-refractivity contribution >= 4 is 28.8 Å². The summed E-state index contributed by atoms with van der Waals surface area (Å²) in [5.74, 6) is 1.91. The first-order valence-electron chi connectivity index (χ1n) is 10.2.